The molecule has 17 rings (SSSR count). The van der Waals surface area contributed by atoms with Crippen LogP contribution in [0.5, 0.6) is 34.5 Å². The van der Waals surface area contributed by atoms with Crippen molar-refractivity contribution in [2.75, 3.05) is 141 Å². The third kappa shape index (κ3) is 20.2. The van der Waals surface area contributed by atoms with Crippen LogP contribution in [0.15, 0.2) is 93.1 Å². The Labute approximate surface area is 796 Å². The van der Waals surface area contributed by atoms with Crippen LogP contribution in [0.1, 0.15) is 198 Å². The summed E-state index contributed by atoms with van der Waals surface area (Å²) in [5.41, 5.74) is 33.1. The predicted molar refractivity (Wildman–Crippen MR) is 520 cm³/mol. The summed E-state index contributed by atoms with van der Waals surface area (Å²) < 4.78 is 41.5. The Bertz CT molecular complexity index is 5880. The van der Waals surface area contributed by atoms with Crippen molar-refractivity contribution in [3.8, 4) is 91.9 Å². The number of fused-ring (bicyclic) bond motifs is 4. The van der Waals surface area contributed by atoms with E-state index in [0.29, 0.717) is 232 Å². The Morgan fingerprint density at radius 1 is 0.407 bits per heavy atom. The molecule has 716 valence electrons. The summed E-state index contributed by atoms with van der Waals surface area (Å²) in [5, 5.41) is 34.1. The van der Waals surface area contributed by atoms with Crippen molar-refractivity contribution >= 4 is 99.8 Å². The largest absolute Gasteiger partial charge is 0.496 e. The molecule has 36 heteroatoms. The van der Waals surface area contributed by atoms with E-state index in [1.165, 1.54) is 18.2 Å². The third-order valence-corrected chi connectivity index (χ3v) is 28.3. The molecular formula is C99H122Cl2N20O14. The fraction of sp³-hybridized carbons (Fsp3) is 0.455. The number of ether oxygens (including phenoxy) is 6. The van der Waals surface area contributed by atoms with Gasteiger partial charge in [-0.25, -0.2) is 18.7 Å². The van der Waals surface area contributed by atoms with Crippen molar-refractivity contribution in [1.29, 1.82) is 0 Å². The molecule has 135 heavy (non-hydrogen) atoms. The van der Waals surface area contributed by atoms with E-state index in [9.17, 15) is 38.4 Å². The van der Waals surface area contributed by atoms with E-state index < -0.39 is 23.6 Å². The van der Waals surface area contributed by atoms with Gasteiger partial charge in [-0.1, -0.05) is 55.6 Å². The quantitative estimate of drug-likeness (QED) is 0.0195. The number of rotatable bonds is 25. The average molecular weight is 1890 g/mol. The van der Waals surface area contributed by atoms with Crippen LogP contribution in [0.4, 0.5) is 23.3 Å². The second kappa shape index (κ2) is 42.9. The molecule has 4 atom stereocenters. The highest BCUT2D eigenvalue weighted by Gasteiger charge is 2.43. The third-order valence-electron chi connectivity index (χ3n) is 27.6. The van der Waals surface area contributed by atoms with Crippen LogP contribution in [0.25, 0.3) is 51.1 Å². The highest BCUT2D eigenvalue weighted by Crippen LogP contribution is 2.52. The van der Waals surface area contributed by atoms with Crippen LogP contribution in [0.2, 0.25) is 10.0 Å². The van der Waals surface area contributed by atoms with E-state index in [-0.39, 0.29) is 47.8 Å². The van der Waals surface area contributed by atoms with E-state index in [1.807, 2.05) is 104 Å². The van der Waals surface area contributed by atoms with Crippen molar-refractivity contribution in [3.63, 3.8) is 0 Å². The minimum atomic E-state index is -0.554. The minimum absolute atomic E-state index is 0.0246. The lowest BCUT2D eigenvalue weighted by atomic mass is 9.87. The van der Waals surface area contributed by atoms with Gasteiger partial charge in [0, 0.05) is 128 Å². The summed E-state index contributed by atoms with van der Waals surface area (Å²) in [6.45, 7) is 31.6. The van der Waals surface area contributed by atoms with Gasteiger partial charge < -0.3 is 92.2 Å². The molecule has 9 aliphatic rings. The number of piperidine rings is 4. The number of nitrogens with zero attached hydrogens (tertiary/aromatic N) is 12. The first kappa shape index (κ1) is 97.6. The van der Waals surface area contributed by atoms with Crippen LogP contribution in [0.3, 0.4) is 0 Å². The molecule has 12 heterocycles. The summed E-state index contributed by atoms with van der Waals surface area (Å²) >= 11 is 13.2. The Morgan fingerprint density at radius 3 is 0.970 bits per heavy atom. The number of likely N-dealkylation sites (tertiary alicyclic amines) is 4. The fourth-order valence-corrected chi connectivity index (χ4v) is 21.1. The summed E-state index contributed by atoms with van der Waals surface area (Å²) in [7, 11) is 6.32. The molecule has 4 saturated heterocycles. The molecule has 5 fully saturated rings. The first-order valence-corrected chi connectivity index (χ1v) is 47.0. The number of aromatic nitrogens is 8. The van der Waals surface area contributed by atoms with Gasteiger partial charge in [-0.05, 0) is 220 Å². The zero-order valence-corrected chi connectivity index (χ0v) is 79.5. The zero-order valence-electron chi connectivity index (χ0n) is 78.0. The summed E-state index contributed by atoms with van der Waals surface area (Å²) in [6, 6.07) is 15.2. The van der Waals surface area contributed by atoms with Gasteiger partial charge in [0.25, 0.3) is 29.5 Å². The zero-order chi connectivity index (χ0) is 96.5. The molecule has 34 nitrogen and oxygen atoms in total. The highest BCUT2D eigenvalue weighted by molar-refractivity contribution is 6.32. The number of benzene rings is 4. The van der Waals surface area contributed by atoms with Gasteiger partial charge in [0.1, 0.15) is 103 Å². The number of amides is 8. The minimum Gasteiger partial charge on any atom is -0.496 e. The summed E-state index contributed by atoms with van der Waals surface area (Å²) in [6.07, 6.45) is 23.6. The smallest absolute Gasteiger partial charge is 0.298 e. The van der Waals surface area contributed by atoms with Crippen LogP contribution in [-0.2, 0) is 19.2 Å². The van der Waals surface area contributed by atoms with Crippen LogP contribution in [-0.4, -0.2) is 226 Å². The number of terminal acetylenes is 1. The number of nitrogens with one attached hydrogen (secondary N) is 4. The highest BCUT2D eigenvalue weighted by atomic mass is 35.5. The molecule has 8 amide bonds. The lowest BCUT2D eigenvalue weighted by Gasteiger charge is -2.38. The number of nitrogens with two attached hydrogens (primary N) is 4. The average Bonchev–Trinajstić information content (AvgIpc) is 1.61. The van der Waals surface area contributed by atoms with Gasteiger partial charge in [-0.2, -0.15) is 20.4 Å². The van der Waals surface area contributed by atoms with Crippen molar-refractivity contribution in [2.24, 2.45) is 46.6 Å². The van der Waals surface area contributed by atoms with E-state index >= 15 is 0 Å². The maximum atomic E-state index is 12.7. The topological polar surface area (TPSA) is 428 Å². The summed E-state index contributed by atoms with van der Waals surface area (Å²) in [5.74, 6) is 7.81. The van der Waals surface area contributed by atoms with Gasteiger partial charge in [-0.15, -0.1) is 6.42 Å². The molecule has 0 radical (unpaired) electrons. The van der Waals surface area contributed by atoms with Gasteiger partial charge in [-0.3, -0.25) is 38.4 Å². The Morgan fingerprint density at radius 2 is 0.689 bits per heavy atom. The second-order valence-corrected chi connectivity index (χ2v) is 35.9. The normalized spacial score (nSPS) is 18.7. The van der Waals surface area contributed by atoms with Crippen molar-refractivity contribution < 1.29 is 66.8 Å². The number of hydrogen-bond acceptors (Lipinski definition) is 22. The predicted octanol–water partition coefficient (Wildman–Crippen LogP) is 13.4. The van der Waals surface area contributed by atoms with Crippen molar-refractivity contribution in [1.82, 2.24) is 58.7 Å². The van der Waals surface area contributed by atoms with Crippen molar-refractivity contribution in [2.45, 2.75) is 148 Å². The number of primary amides is 4. The molecule has 12 N–H and O–H groups in total. The molecule has 1 aliphatic carbocycles. The molecule has 0 spiro atoms. The number of carbonyl (C=O) groups is 8. The first-order valence-electron chi connectivity index (χ1n) is 46.3. The fourth-order valence-electron chi connectivity index (χ4n) is 20.5. The molecular weight excluding hydrogens is 1760 g/mol. The van der Waals surface area contributed by atoms with Crippen LogP contribution < -0.4 is 72.6 Å². The van der Waals surface area contributed by atoms with E-state index in [2.05, 4.69) is 53.5 Å². The van der Waals surface area contributed by atoms with E-state index in [4.69, 9.17) is 101 Å². The maximum absolute atomic E-state index is 12.7. The molecule has 8 aliphatic heterocycles. The molecule has 4 unspecified atom stereocenters. The van der Waals surface area contributed by atoms with Gasteiger partial charge in [0.2, 0.25) is 17.7 Å². The SMILES string of the molecule is C#CC(=O)N1CCC(C2CCNc3c(C(N)=O)c(-c4cc(OC)c(C)c(OC)c4)nn32)CC1.C=CC(=O)N1CCC(C2CCNc3c(C(N)=O)c(-c4cc(Cl)c(C)c(OCC)c4)nn32)CC1.C=CC(=O)N1CCC(C2CCNc3c(C(N)=O)c(-c4cc(Cl)c(C5CC5)c(OCC)c4)nn32)CC1.C=CC(=O)N1CCC(C2CCNc3c(C(N)=O)c(-c4cc(OC)c(C=C)c(OC)c4)nn32)CC1. The molecule has 0 bridgehead atoms. The van der Waals surface area contributed by atoms with E-state index in [1.54, 1.807) is 45.5 Å². The Kier molecular flexibility index (Phi) is 31.0. The molecule has 4 aromatic carbocycles. The van der Waals surface area contributed by atoms with Crippen LogP contribution in [0, 0.1) is 49.9 Å². The van der Waals surface area contributed by atoms with Gasteiger partial charge in [0.05, 0.1) is 71.4 Å². The summed E-state index contributed by atoms with van der Waals surface area (Å²) in [4.78, 5) is 105. The number of carbonyl (C=O) groups excluding carboxylic acids is 8. The molecule has 4 aromatic heterocycles. The Hall–Kier alpha value is -13.4. The van der Waals surface area contributed by atoms with Gasteiger partial charge >= 0.3 is 0 Å². The standard InChI is InChI=1S/C26H32ClN5O3.C25H31N5O4.C24H30ClN5O3.C24H29N5O4/c1-3-21(33)31-11-8-15(9-12-31)19-7-10-29-26-23(25(28)34)24(30-32(19)26)17-13-18(27)22(16-5-6-16)20(14-17)35-4-2;1-5-17-19(33-3)13-16(14-20(17)34-4)23-22(24(26)32)25-27-10-7-18(30(25)28-23)15-8-11-29(12-9-15)21(31)6-2;1-4-20(31)29-10-7-15(8-11-29)18-6-9-27-24-21(23(26)32)22(28-30(18)24)16-12-17(25)14(3)19(13-16)33-5-2;1-5-20(30)28-10-7-15(8-11-28)17-6-9-26-24-21(23(25)31)22(27-29(17)24)16-12-18(32-3)14(2)19(13-16)33-4/h3,13-16,19,29H,1,4-12H2,2H3,(H2,28,34);5-6,13-15,18,27H,1-2,7-12H2,3-4H3,(H2,26,32);4,12-13,15,18,27H,1,5-11H2,2-3H3,(H2,26,32);1,12-13,15,17,26H,6-11H2,2-4H3,(H2,25,31). The van der Waals surface area contributed by atoms with Crippen LogP contribution >= 0.6 is 23.2 Å². The first-order chi connectivity index (χ1) is 65.1. The number of methoxy groups -OCH3 is 4. The number of anilines is 4. The van der Waals surface area contributed by atoms with Crippen molar-refractivity contribution in [3.05, 3.63) is 148 Å². The lowest BCUT2D eigenvalue weighted by molar-refractivity contribution is -0.128. The maximum Gasteiger partial charge on any atom is 0.298 e. The second-order valence-electron chi connectivity index (χ2n) is 35.1. The lowest BCUT2D eigenvalue weighted by Crippen LogP contribution is -2.41. The number of hydrogen-bond donors (Lipinski definition) is 8. The monoisotopic (exact) mass is 1880 g/mol. The Balaban J connectivity index is 0.000000144. The molecule has 1 saturated carbocycles. The number of halogens is 2. The van der Waals surface area contributed by atoms with Gasteiger partial charge in [0.15, 0.2) is 0 Å². The van der Waals surface area contributed by atoms with E-state index in [0.717, 1.165) is 137 Å². The molecule has 8 aromatic rings.